The third-order valence-corrected chi connectivity index (χ3v) is 4.01. The zero-order valence-corrected chi connectivity index (χ0v) is 17.0. The number of carbonyl (C=O) groups excluding carboxylic acids is 1. The number of aromatic nitrogens is 3. The first kappa shape index (κ1) is 20.5. The van der Waals surface area contributed by atoms with Gasteiger partial charge in [-0.25, -0.2) is 9.07 Å². The molecule has 0 spiro atoms. The van der Waals surface area contributed by atoms with Gasteiger partial charge in [-0.15, -0.1) is 5.10 Å². The number of hydrogen-bond donors (Lipinski definition) is 1. The molecule has 0 bridgehead atoms. The van der Waals surface area contributed by atoms with Gasteiger partial charge in [-0.3, -0.25) is 4.79 Å². The van der Waals surface area contributed by atoms with E-state index in [2.05, 4.69) is 15.4 Å². The molecule has 7 heteroatoms. The van der Waals surface area contributed by atoms with Gasteiger partial charge in [0.1, 0.15) is 5.82 Å². The van der Waals surface area contributed by atoms with E-state index in [1.54, 1.807) is 36.4 Å². The average Bonchev–Trinajstić information content (AvgIpc) is 3.04. The monoisotopic (exact) mass is 396 g/mol. The summed E-state index contributed by atoms with van der Waals surface area (Å²) < 4.78 is 21.6. The maximum atomic E-state index is 14.4. The van der Waals surface area contributed by atoms with Crippen molar-refractivity contribution in [3.8, 4) is 23.1 Å². The highest BCUT2D eigenvalue weighted by Crippen LogP contribution is 2.27. The maximum Gasteiger partial charge on any atom is 0.336 e. The zero-order chi connectivity index (χ0) is 21.0. The van der Waals surface area contributed by atoms with E-state index in [0.29, 0.717) is 29.2 Å². The summed E-state index contributed by atoms with van der Waals surface area (Å²) in [5.41, 5.74) is 1.58. The number of rotatable bonds is 7. The van der Waals surface area contributed by atoms with E-state index in [1.165, 1.54) is 10.7 Å². The van der Waals surface area contributed by atoms with Gasteiger partial charge in [0.2, 0.25) is 5.91 Å². The second-order valence-electron chi connectivity index (χ2n) is 7.47. The van der Waals surface area contributed by atoms with Crippen LogP contribution < -0.4 is 10.1 Å². The molecule has 0 fully saturated rings. The van der Waals surface area contributed by atoms with Crippen molar-refractivity contribution in [3.05, 3.63) is 54.3 Å². The van der Waals surface area contributed by atoms with Crippen molar-refractivity contribution in [2.24, 2.45) is 5.92 Å². The van der Waals surface area contributed by atoms with Crippen molar-refractivity contribution in [2.75, 3.05) is 5.32 Å². The van der Waals surface area contributed by atoms with Crippen LogP contribution in [0.1, 0.15) is 34.1 Å². The molecule has 6 nitrogen and oxygen atoms in total. The van der Waals surface area contributed by atoms with Gasteiger partial charge >= 0.3 is 6.01 Å². The standard InChI is InChI=1S/C22H25FN4O2/c1-14(2)12-20(28)24-16-8-7-9-17(13-16)27-21(18-10-5-6-11-19(18)23)25-22(26-27)29-15(3)4/h5-11,13-15H,12H2,1-4H3,(H,24,28). The van der Waals surface area contributed by atoms with Crippen LogP contribution in [-0.2, 0) is 4.79 Å². The molecular formula is C22H25FN4O2. The van der Waals surface area contributed by atoms with Crippen LogP contribution in [-0.4, -0.2) is 26.8 Å². The van der Waals surface area contributed by atoms with Crippen LogP contribution >= 0.6 is 0 Å². The van der Waals surface area contributed by atoms with Crippen LogP contribution in [0, 0.1) is 11.7 Å². The number of carbonyl (C=O) groups is 1. The summed E-state index contributed by atoms with van der Waals surface area (Å²) in [7, 11) is 0. The van der Waals surface area contributed by atoms with Crippen LogP contribution in [0.4, 0.5) is 10.1 Å². The molecule has 1 aromatic heterocycles. The third kappa shape index (κ3) is 5.19. The predicted molar refractivity (Wildman–Crippen MR) is 111 cm³/mol. The van der Waals surface area contributed by atoms with Gasteiger partial charge in [0.05, 0.1) is 17.4 Å². The number of nitrogens with zero attached hydrogens (tertiary/aromatic N) is 3. The second-order valence-corrected chi connectivity index (χ2v) is 7.47. The zero-order valence-electron chi connectivity index (χ0n) is 17.0. The molecule has 2 aromatic carbocycles. The highest BCUT2D eigenvalue weighted by molar-refractivity contribution is 5.91. The summed E-state index contributed by atoms with van der Waals surface area (Å²) in [6, 6.07) is 13.7. The maximum absolute atomic E-state index is 14.4. The van der Waals surface area contributed by atoms with E-state index >= 15 is 0 Å². The second kappa shape index (κ2) is 8.86. The Balaban J connectivity index is 2.01. The minimum atomic E-state index is -0.404. The van der Waals surface area contributed by atoms with E-state index in [4.69, 9.17) is 4.74 Å². The summed E-state index contributed by atoms with van der Waals surface area (Å²) in [6.45, 7) is 7.72. The Labute approximate surface area is 169 Å². The minimum absolute atomic E-state index is 0.0612. The number of amides is 1. The summed E-state index contributed by atoms with van der Waals surface area (Å²) in [4.78, 5) is 16.5. The van der Waals surface area contributed by atoms with Gasteiger partial charge in [-0.1, -0.05) is 32.0 Å². The van der Waals surface area contributed by atoms with Crippen molar-refractivity contribution < 1.29 is 13.9 Å². The molecule has 0 aliphatic heterocycles. The first-order valence-electron chi connectivity index (χ1n) is 9.62. The average molecular weight is 396 g/mol. The number of benzene rings is 2. The Bertz CT molecular complexity index is 998. The van der Waals surface area contributed by atoms with Crippen LogP contribution in [0.3, 0.4) is 0 Å². The lowest BCUT2D eigenvalue weighted by molar-refractivity contribution is -0.116. The molecule has 0 atom stereocenters. The molecule has 1 N–H and O–H groups in total. The molecule has 0 aliphatic carbocycles. The third-order valence-electron chi connectivity index (χ3n) is 4.01. The highest BCUT2D eigenvalue weighted by Gasteiger charge is 2.18. The fourth-order valence-corrected chi connectivity index (χ4v) is 2.85. The molecule has 3 rings (SSSR count). The lowest BCUT2D eigenvalue weighted by Crippen LogP contribution is -2.14. The molecule has 1 heterocycles. The lowest BCUT2D eigenvalue weighted by Gasteiger charge is -2.10. The van der Waals surface area contributed by atoms with Crippen molar-refractivity contribution in [2.45, 2.75) is 40.2 Å². The van der Waals surface area contributed by atoms with Crippen LogP contribution in [0.25, 0.3) is 17.1 Å². The number of hydrogen-bond acceptors (Lipinski definition) is 4. The Hall–Kier alpha value is -3.22. The molecule has 0 saturated heterocycles. The molecule has 0 radical (unpaired) electrons. The summed E-state index contributed by atoms with van der Waals surface area (Å²) in [5, 5.41) is 7.30. The quantitative estimate of drug-likeness (QED) is 0.620. The normalized spacial score (nSPS) is 11.1. The van der Waals surface area contributed by atoms with Gasteiger partial charge in [-0.05, 0) is 50.1 Å². The number of ether oxygens (including phenoxy) is 1. The highest BCUT2D eigenvalue weighted by atomic mass is 19.1. The summed E-state index contributed by atoms with van der Waals surface area (Å²) in [5.74, 6) is 0.119. The van der Waals surface area contributed by atoms with E-state index in [9.17, 15) is 9.18 Å². The van der Waals surface area contributed by atoms with Crippen molar-refractivity contribution >= 4 is 11.6 Å². The van der Waals surface area contributed by atoms with Gasteiger partial charge in [-0.2, -0.15) is 4.98 Å². The first-order chi connectivity index (χ1) is 13.8. The topological polar surface area (TPSA) is 69.0 Å². The van der Waals surface area contributed by atoms with Crippen LogP contribution in [0.15, 0.2) is 48.5 Å². The fourth-order valence-electron chi connectivity index (χ4n) is 2.85. The van der Waals surface area contributed by atoms with Gasteiger partial charge < -0.3 is 10.1 Å². The molecule has 0 unspecified atom stereocenters. The molecule has 152 valence electrons. The Kier molecular flexibility index (Phi) is 6.26. The number of halogens is 1. The smallest absolute Gasteiger partial charge is 0.336 e. The van der Waals surface area contributed by atoms with Crippen molar-refractivity contribution in [1.29, 1.82) is 0 Å². The van der Waals surface area contributed by atoms with Crippen LogP contribution in [0.5, 0.6) is 6.01 Å². The van der Waals surface area contributed by atoms with Gasteiger partial charge in [0.15, 0.2) is 5.82 Å². The summed E-state index contributed by atoms with van der Waals surface area (Å²) in [6.07, 6.45) is 0.307. The number of nitrogens with one attached hydrogen (secondary N) is 1. The number of anilines is 1. The van der Waals surface area contributed by atoms with E-state index in [1.807, 2.05) is 33.8 Å². The van der Waals surface area contributed by atoms with Gasteiger partial charge in [0, 0.05) is 12.1 Å². The Morgan fingerprint density at radius 1 is 1.14 bits per heavy atom. The molecule has 0 aliphatic rings. The first-order valence-corrected chi connectivity index (χ1v) is 9.62. The van der Waals surface area contributed by atoms with E-state index in [0.717, 1.165) is 0 Å². The van der Waals surface area contributed by atoms with Crippen LogP contribution in [0.2, 0.25) is 0 Å². The Morgan fingerprint density at radius 3 is 2.59 bits per heavy atom. The van der Waals surface area contributed by atoms with Gasteiger partial charge in [0.25, 0.3) is 0 Å². The largest absolute Gasteiger partial charge is 0.460 e. The van der Waals surface area contributed by atoms with Crippen molar-refractivity contribution in [1.82, 2.24) is 14.8 Å². The molecule has 3 aromatic rings. The lowest BCUT2D eigenvalue weighted by atomic mass is 10.1. The molecule has 29 heavy (non-hydrogen) atoms. The van der Waals surface area contributed by atoms with E-state index in [-0.39, 0.29) is 23.9 Å². The minimum Gasteiger partial charge on any atom is -0.460 e. The summed E-state index contributed by atoms with van der Waals surface area (Å²) >= 11 is 0. The predicted octanol–water partition coefficient (Wildman–Crippen LogP) is 4.85. The molecule has 1 amide bonds. The SMILES string of the molecule is CC(C)CC(=O)Nc1cccc(-n2nc(OC(C)C)nc2-c2ccccc2F)c1. The van der Waals surface area contributed by atoms with Crippen molar-refractivity contribution in [3.63, 3.8) is 0 Å². The molecular weight excluding hydrogens is 371 g/mol. The Morgan fingerprint density at radius 2 is 1.90 bits per heavy atom. The fraction of sp³-hybridized carbons (Fsp3) is 0.318. The molecule has 0 saturated carbocycles. The van der Waals surface area contributed by atoms with E-state index < -0.39 is 5.82 Å².